The van der Waals surface area contributed by atoms with Gasteiger partial charge < -0.3 is 0 Å². The minimum absolute atomic E-state index is 0.0118. The number of carbonyl (C=O) groups is 2. The lowest BCUT2D eigenvalue weighted by Gasteiger charge is -2.08. The summed E-state index contributed by atoms with van der Waals surface area (Å²) in [6, 6.07) is 0. The highest BCUT2D eigenvalue weighted by atomic mass is 32.2. The maximum atomic E-state index is 11.5. The number of rotatable bonds is 8. The fraction of sp³-hybridized carbons (Fsp3) is 0.833. The molecule has 0 fully saturated rings. The number of ketones is 1. The lowest BCUT2D eigenvalue weighted by Crippen LogP contribution is -2.35. The molecule has 5 nitrogen and oxygen atoms in total. The Morgan fingerprint density at radius 2 is 1.56 bits per heavy atom. The maximum absolute atomic E-state index is 11.5. The van der Waals surface area contributed by atoms with Crippen LogP contribution in [0.4, 0.5) is 0 Å². The van der Waals surface area contributed by atoms with Crippen molar-refractivity contribution in [3.8, 4) is 0 Å². The summed E-state index contributed by atoms with van der Waals surface area (Å²) in [6.07, 6.45) is 1.32. The zero-order chi connectivity index (χ0) is 14.3. The van der Waals surface area contributed by atoms with Crippen molar-refractivity contribution >= 4 is 21.7 Å². The highest BCUT2D eigenvalue weighted by molar-refractivity contribution is 7.90. The van der Waals surface area contributed by atoms with E-state index in [0.29, 0.717) is 19.3 Å². The summed E-state index contributed by atoms with van der Waals surface area (Å²) in [4.78, 5) is 22.6. The largest absolute Gasteiger partial charge is 0.299 e. The molecular weight excluding hydrogens is 254 g/mol. The molecule has 0 aromatic carbocycles. The van der Waals surface area contributed by atoms with Crippen LogP contribution >= 0.6 is 0 Å². The Bertz CT molecular complexity index is 385. The van der Waals surface area contributed by atoms with Gasteiger partial charge in [0.2, 0.25) is 15.9 Å². The lowest BCUT2D eigenvalue weighted by molar-refractivity contribution is -0.122. The SMILES string of the molecule is CC(C)C(=O)CCCCS(=O)(=O)NC(=O)C(C)C. The van der Waals surface area contributed by atoms with Crippen LogP contribution in [0.5, 0.6) is 0 Å². The zero-order valence-corrected chi connectivity index (χ0v) is 12.3. The molecule has 0 rings (SSSR count). The Balaban J connectivity index is 3.99. The molecule has 1 amide bonds. The normalized spacial score (nSPS) is 11.9. The maximum Gasteiger partial charge on any atom is 0.235 e. The van der Waals surface area contributed by atoms with Gasteiger partial charge in [0.15, 0.2) is 0 Å². The average Bonchev–Trinajstić information content (AvgIpc) is 2.23. The molecule has 0 aliphatic rings. The second-order valence-electron chi connectivity index (χ2n) is 5.02. The van der Waals surface area contributed by atoms with Gasteiger partial charge in [-0.25, -0.2) is 8.42 Å². The Hall–Kier alpha value is -0.910. The van der Waals surface area contributed by atoms with Gasteiger partial charge in [-0.15, -0.1) is 0 Å². The van der Waals surface area contributed by atoms with E-state index in [-0.39, 0.29) is 23.4 Å². The molecule has 1 N–H and O–H groups in total. The molecule has 0 aliphatic carbocycles. The number of hydrogen-bond donors (Lipinski definition) is 1. The summed E-state index contributed by atoms with van der Waals surface area (Å²) < 4.78 is 25.0. The molecule has 18 heavy (non-hydrogen) atoms. The third-order valence-electron chi connectivity index (χ3n) is 2.51. The van der Waals surface area contributed by atoms with Crippen LogP contribution in [0.1, 0.15) is 47.0 Å². The van der Waals surface area contributed by atoms with Crippen molar-refractivity contribution in [2.24, 2.45) is 11.8 Å². The highest BCUT2D eigenvalue weighted by Crippen LogP contribution is 2.05. The van der Waals surface area contributed by atoms with E-state index < -0.39 is 15.9 Å². The molecule has 0 spiro atoms. The molecule has 0 aromatic heterocycles. The van der Waals surface area contributed by atoms with Crippen molar-refractivity contribution in [3.05, 3.63) is 0 Å². The summed E-state index contributed by atoms with van der Waals surface area (Å²) >= 11 is 0. The van der Waals surface area contributed by atoms with Crippen molar-refractivity contribution in [2.75, 3.05) is 5.75 Å². The number of unbranched alkanes of at least 4 members (excludes halogenated alkanes) is 1. The zero-order valence-electron chi connectivity index (χ0n) is 11.5. The third kappa shape index (κ3) is 7.42. The second kappa shape index (κ2) is 7.51. The van der Waals surface area contributed by atoms with Gasteiger partial charge in [0.05, 0.1) is 5.75 Å². The molecule has 0 saturated heterocycles. The average molecular weight is 277 g/mol. The summed E-state index contributed by atoms with van der Waals surface area (Å²) in [5.74, 6) is -0.840. The fourth-order valence-corrected chi connectivity index (χ4v) is 2.43. The van der Waals surface area contributed by atoms with Crippen molar-refractivity contribution in [2.45, 2.75) is 47.0 Å². The van der Waals surface area contributed by atoms with Gasteiger partial charge in [0.1, 0.15) is 5.78 Å². The number of amides is 1. The molecule has 106 valence electrons. The van der Waals surface area contributed by atoms with Crippen LogP contribution in [0.3, 0.4) is 0 Å². The van der Waals surface area contributed by atoms with Crippen molar-refractivity contribution < 1.29 is 18.0 Å². The van der Waals surface area contributed by atoms with Crippen LogP contribution in [0.2, 0.25) is 0 Å². The summed E-state index contributed by atoms with van der Waals surface area (Å²) in [6.45, 7) is 6.90. The van der Waals surface area contributed by atoms with E-state index in [1.807, 2.05) is 18.6 Å². The van der Waals surface area contributed by atoms with E-state index in [9.17, 15) is 18.0 Å². The Kier molecular flexibility index (Phi) is 7.13. The Labute approximate surface area is 109 Å². The highest BCUT2D eigenvalue weighted by Gasteiger charge is 2.16. The molecule has 0 bridgehead atoms. The number of Topliss-reactive ketones (excluding diaryl/α,β-unsaturated/α-hetero) is 1. The fourth-order valence-electron chi connectivity index (χ4n) is 1.20. The van der Waals surface area contributed by atoms with Gasteiger partial charge in [-0.05, 0) is 12.8 Å². The van der Waals surface area contributed by atoms with E-state index >= 15 is 0 Å². The molecular formula is C12H23NO4S. The van der Waals surface area contributed by atoms with Gasteiger partial charge in [-0.3, -0.25) is 14.3 Å². The minimum Gasteiger partial charge on any atom is -0.299 e. The number of hydrogen-bond acceptors (Lipinski definition) is 4. The van der Waals surface area contributed by atoms with Crippen LogP contribution in [0, 0.1) is 11.8 Å². The Morgan fingerprint density at radius 1 is 1.00 bits per heavy atom. The first-order chi connectivity index (χ1) is 8.15. The summed E-state index contributed by atoms with van der Waals surface area (Å²) in [5, 5.41) is 0. The van der Waals surface area contributed by atoms with Gasteiger partial charge in [0, 0.05) is 18.3 Å². The van der Waals surface area contributed by atoms with Crippen LogP contribution < -0.4 is 4.72 Å². The van der Waals surface area contributed by atoms with Crippen LogP contribution in [-0.4, -0.2) is 25.9 Å². The predicted octanol–water partition coefficient (Wildman–Crippen LogP) is 1.48. The second-order valence-corrected chi connectivity index (χ2v) is 6.86. The third-order valence-corrected chi connectivity index (χ3v) is 3.85. The van der Waals surface area contributed by atoms with E-state index in [2.05, 4.69) is 0 Å². The quantitative estimate of drug-likeness (QED) is 0.681. The topological polar surface area (TPSA) is 80.3 Å². The number of nitrogens with one attached hydrogen (secondary N) is 1. The predicted molar refractivity (Wildman–Crippen MR) is 70.5 cm³/mol. The first-order valence-corrected chi connectivity index (χ1v) is 7.88. The molecule has 0 aliphatic heterocycles. The van der Waals surface area contributed by atoms with Gasteiger partial charge in [-0.2, -0.15) is 0 Å². The Morgan fingerprint density at radius 3 is 2.00 bits per heavy atom. The lowest BCUT2D eigenvalue weighted by atomic mass is 10.0. The van der Waals surface area contributed by atoms with Gasteiger partial charge >= 0.3 is 0 Å². The van der Waals surface area contributed by atoms with Crippen molar-refractivity contribution in [3.63, 3.8) is 0 Å². The molecule has 0 atom stereocenters. The van der Waals surface area contributed by atoms with E-state index in [4.69, 9.17) is 0 Å². The van der Waals surface area contributed by atoms with Crippen LogP contribution in [-0.2, 0) is 19.6 Å². The molecule has 0 aromatic rings. The van der Waals surface area contributed by atoms with Gasteiger partial charge in [-0.1, -0.05) is 27.7 Å². The standard InChI is InChI=1S/C12H23NO4S/c1-9(2)11(14)7-5-6-8-18(16,17)13-12(15)10(3)4/h9-10H,5-8H2,1-4H3,(H,13,15). The smallest absolute Gasteiger partial charge is 0.235 e. The molecule has 0 radical (unpaired) electrons. The van der Waals surface area contributed by atoms with Crippen molar-refractivity contribution in [1.29, 1.82) is 0 Å². The van der Waals surface area contributed by atoms with E-state index in [1.165, 1.54) is 0 Å². The number of sulfonamides is 1. The van der Waals surface area contributed by atoms with E-state index in [1.54, 1.807) is 13.8 Å². The summed E-state index contributed by atoms with van der Waals surface area (Å²) in [7, 11) is -3.55. The van der Waals surface area contributed by atoms with Crippen LogP contribution in [0.25, 0.3) is 0 Å². The summed E-state index contributed by atoms with van der Waals surface area (Å²) in [5.41, 5.74) is 0. The van der Waals surface area contributed by atoms with Gasteiger partial charge in [0.25, 0.3) is 0 Å². The molecule has 6 heteroatoms. The molecule has 0 saturated carbocycles. The number of carbonyl (C=O) groups excluding carboxylic acids is 2. The first kappa shape index (κ1) is 17.1. The van der Waals surface area contributed by atoms with Crippen molar-refractivity contribution in [1.82, 2.24) is 4.72 Å². The van der Waals surface area contributed by atoms with E-state index in [0.717, 1.165) is 0 Å². The molecule has 0 unspecified atom stereocenters. The molecule has 0 heterocycles. The monoisotopic (exact) mass is 277 g/mol. The van der Waals surface area contributed by atoms with Crippen LogP contribution in [0.15, 0.2) is 0 Å². The first-order valence-electron chi connectivity index (χ1n) is 6.22. The minimum atomic E-state index is -3.55.